The zero-order valence-electron chi connectivity index (χ0n) is 17.7. The molecular formula is C23H36O5. The Balaban J connectivity index is 1.59. The van der Waals surface area contributed by atoms with Crippen molar-refractivity contribution in [1.29, 1.82) is 0 Å². The van der Waals surface area contributed by atoms with Crippen LogP contribution in [0.3, 0.4) is 0 Å². The fourth-order valence-corrected chi connectivity index (χ4v) is 8.22. The van der Waals surface area contributed by atoms with Crippen molar-refractivity contribution < 1.29 is 24.5 Å². The van der Waals surface area contributed by atoms with Gasteiger partial charge in [0.05, 0.1) is 6.10 Å². The Bertz CT molecular complexity index is 676. The number of aliphatic hydroxyl groups excluding tert-OH is 1. The molecule has 0 bridgehead atoms. The fourth-order valence-electron chi connectivity index (χ4n) is 8.22. The minimum Gasteiger partial charge on any atom is -0.463 e. The van der Waals surface area contributed by atoms with Gasteiger partial charge in [0.2, 0.25) is 0 Å². The van der Waals surface area contributed by atoms with Crippen molar-refractivity contribution in [2.75, 3.05) is 0 Å². The van der Waals surface area contributed by atoms with Crippen molar-refractivity contribution in [3.63, 3.8) is 0 Å². The number of Topliss-reactive ketones (excluding diaryl/α,β-unsaturated/α-hetero) is 1. The maximum Gasteiger partial charge on any atom is 0.302 e. The third kappa shape index (κ3) is 2.57. The molecule has 4 aliphatic rings. The molecule has 0 aliphatic heterocycles. The van der Waals surface area contributed by atoms with Crippen LogP contribution in [0, 0.1) is 34.5 Å². The topological polar surface area (TPSA) is 83.8 Å². The Morgan fingerprint density at radius 2 is 1.68 bits per heavy atom. The van der Waals surface area contributed by atoms with Gasteiger partial charge in [-0.2, -0.15) is 0 Å². The standard InChI is InChI=1S/C23H36O5/c1-13(24)23(27)20(26)12-19-17-6-5-15-11-16(28-14(2)25)7-9-21(15,3)18(17)8-10-22(19,23)4/h15-20,26-27H,5-12H2,1-4H3/t15-,16-,17-,18+,19-,20+,21-,22-,23+/m0/s1. The van der Waals surface area contributed by atoms with Crippen LogP contribution in [0.2, 0.25) is 0 Å². The average Bonchev–Trinajstić information content (AvgIpc) is 2.83. The molecule has 0 aromatic heterocycles. The summed E-state index contributed by atoms with van der Waals surface area (Å²) in [7, 11) is 0. The first kappa shape index (κ1) is 20.3. The number of hydrogen-bond donors (Lipinski definition) is 2. The SMILES string of the molecule is CC(=O)O[C@H]1CC[C@@]2(C)[C@@H](CC[C@H]3[C@H]2CC[C@@]2(C)[C@H]3C[C@@H](O)[C@]2(O)C(C)=O)C1. The monoisotopic (exact) mass is 392 g/mol. The van der Waals surface area contributed by atoms with E-state index in [0.717, 1.165) is 44.9 Å². The van der Waals surface area contributed by atoms with Crippen LogP contribution in [0.1, 0.15) is 79.1 Å². The summed E-state index contributed by atoms with van der Waals surface area (Å²) in [4.78, 5) is 23.8. The van der Waals surface area contributed by atoms with Gasteiger partial charge < -0.3 is 14.9 Å². The van der Waals surface area contributed by atoms with E-state index >= 15 is 0 Å². The van der Waals surface area contributed by atoms with Crippen molar-refractivity contribution in [3.8, 4) is 0 Å². The maximum absolute atomic E-state index is 12.4. The minimum atomic E-state index is -1.60. The van der Waals surface area contributed by atoms with Crippen molar-refractivity contribution >= 4 is 11.8 Å². The summed E-state index contributed by atoms with van der Waals surface area (Å²) >= 11 is 0. The highest BCUT2D eigenvalue weighted by atomic mass is 16.5. The summed E-state index contributed by atoms with van der Waals surface area (Å²) in [5.74, 6) is 1.30. The summed E-state index contributed by atoms with van der Waals surface area (Å²) in [6, 6.07) is 0. The van der Waals surface area contributed by atoms with Crippen LogP contribution in [-0.2, 0) is 14.3 Å². The fraction of sp³-hybridized carbons (Fsp3) is 0.913. The lowest BCUT2D eigenvalue weighted by molar-refractivity contribution is -0.183. The molecule has 4 aliphatic carbocycles. The second-order valence-corrected chi connectivity index (χ2v) is 10.7. The maximum atomic E-state index is 12.4. The van der Waals surface area contributed by atoms with Crippen LogP contribution in [0.25, 0.3) is 0 Å². The number of carbonyl (C=O) groups is 2. The number of hydrogen-bond acceptors (Lipinski definition) is 5. The van der Waals surface area contributed by atoms with Gasteiger partial charge in [0.1, 0.15) is 6.10 Å². The molecule has 0 aromatic rings. The van der Waals surface area contributed by atoms with Gasteiger partial charge >= 0.3 is 5.97 Å². The van der Waals surface area contributed by atoms with E-state index in [4.69, 9.17) is 4.74 Å². The molecule has 0 heterocycles. The highest BCUT2D eigenvalue weighted by molar-refractivity contribution is 5.87. The predicted molar refractivity (Wildman–Crippen MR) is 104 cm³/mol. The van der Waals surface area contributed by atoms with Crippen molar-refractivity contribution in [3.05, 3.63) is 0 Å². The molecule has 0 radical (unpaired) electrons. The molecule has 5 nitrogen and oxygen atoms in total. The second kappa shape index (κ2) is 6.53. The number of esters is 1. The quantitative estimate of drug-likeness (QED) is 0.705. The van der Waals surface area contributed by atoms with E-state index in [-0.39, 0.29) is 29.2 Å². The Morgan fingerprint density at radius 1 is 0.964 bits per heavy atom. The second-order valence-electron chi connectivity index (χ2n) is 10.7. The molecular weight excluding hydrogens is 356 g/mol. The van der Waals surface area contributed by atoms with Crippen LogP contribution in [0.4, 0.5) is 0 Å². The predicted octanol–water partition coefficient (Wildman–Crippen LogP) is 3.25. The van der Waals surface area contributed by atoms with Gasteiger partial charge in [-0.05, 0) is 87.4 Å². The Kier molecular flexibility index (Phi) is 4.74. The summed E-state index contributed by atoms with van der Waals surface area (Å²) in [5.41, 5.74) is -1.91. The molecule has 4 rings (SSSR count). The van der Waals surface area contributed by atoms with Crippen LogP contribution >= 0.6 is 0 Å². The number of rotatable bonds is 2. The lowest BCUT2D eigenvalue weighted by Gasteiger charge is -2.61. The molecule has 0 spiro atoms. The van der Waals surface area contributed by atoms with E-state index in [1.165, 1.54) is 13.8 Å². The summed E-state index contributed by atoms with van der Waals surface area (Å²) in [5, 5.41) is 21.9. The number of carbonyl (C=O) groups excluding carboxylic acids is 2. The zero-order valence-corrected chi connectivity index (χ0v) is 17.7. The first-order valence-electron chi connectivity index (χ1n) is 11.1. The van der Waals surface area contributed by atoms with E-state index in [0.29, 0.717) is 24.2 Å². The normalized spacial score (nSPS) is 52.9. The molecule has 2 N–H and O–H groups in total. The first-order valence-corrected chi connectivity index (χ1v) is 11.1. The van der Waals surface area contributed by atoms with Gasteiger partial charge in [0, 0.05) is 12.3 Å². The Morgan fingerprint density at radius 3 is 2.32 bits per heavy atom. The van der Waals surface area contributed by atoms with Crippen molar-refractivity contribution in [2.45, 2.75) is 96.9 Å². The summed E-state index contributed by atoms with van der Waals surface area (Å²) < 4.78 is 5.53. The number of aliphatic hydroxyl groups is 2. The average molecular weight is 393 g/mol. The van der Waals surface area contributed by atoms with Gasteiger partial charge in [0.25, 0.3) is 0 Å². The molecule has 0 aromatic carbocycles. The number of ketones is 1. The number of fused-ring (bicyclic) bond motifs is 5. The Labute approximate surface area is 168 Å². The molecule has 0 amide bonds. The van der Waals surface area contributed by atoms with Crippen LogP contribution in [-0.4, -0.2) is 39.8 Å². The molecule has 9 atom stereocenters. The highest BCUT2D eigenvalue weighted by Crippen LogP contribution is 2.68. The summed E-state index contributed by atoms with van der Waals surface area (Å²) in [6.07, 6.45) is 6.58. The lowest BCUT2D eigenvalue weighted by Crippen LogP contribution is -2.60. The van der Waals surface area contributed by atoms with Crippen LogP contribution < -0.4 is 0 Å². The van der Waals surface area contributed by atoms with Gasteiger partial charge in [-0.25, -0.2) is 0 Å². The third-order valence-electron chi connectivity index (χ3n) is 9.71. The van der Waals surface area contributed by atoms with E-state index in [9.17, 15) is 19.8 Å². The largest absolute Gasteiger partial charge is 0.463 e. The lowest BCUT2D eigenvalue weighted by atomic mass is 9.44. The van der Waals surface area contributed by atoms with Crippen molar-refractivity contribution in [1.82, 2.24) is 0 Å². The smallest absolute Gasteiger partial charge is 0.302 e. The molecule has 4 saturated carbocycles. The van der Waals surface area contributed by atoms with Crippen molar-refractivity contribution in [2.24, 2.45) is 34.5 Å². The van der Waals surface area contributed by atoms with E-state index in [2.05, 4.69) is 6.92 Å². The Hall–Kier alpha value is -0.940. The highest BCUT2D eigenvalue weighted by Gasteiger charge is 2.69. The molecule has 158 valence electrons. The molecule has 4 fully saturated rings. The van der Waals surface area contributed by atoms with E-state index in [1.54, 1.807) is 0 Å². The van der Waals surface area contributed by atoms with Gasteiger partial charge in [-0.1, -0.05) is 13.8 Å². The van der Waals surface area contributed by atoms with Gasteiger partial charge in [-0.3, -0.25) is 9.59 Å². The van der Waals surface area contributed by atoms with Crippen LogP contribution in [0.5, 0.6) is 0 Å². The third-order valence-corrected chi connectivity index (χ3v) is 9.71. The molecule has 0 unspecified atom stereocenters. The first-order chi connectivity index (χ1) is 13.0. The minimum absolute atomic E-state index is 0.0529. The molecule has 28 heavy (non-hydrogen) atoms. The number of ether oxygens (including phenoxy) is 1. The zero-order chi connectivity index (χ0) is 20.5. The molecule has 0 saturated heterocycles. The van der Waals surface area contributed by atoms with E-state index < -0.39 is 17.1 Å². The summed E-state index contributed by atoms with van der Waals surface area (Å²) in [6.45, 7) is 7.38. The van der Waals surface area contributed by atoms with Crippen LogP contribution in [0.15, 0.2) is 0 Å². The molecule has 5 heteroatoms. The van der Waals surface area contributed by atoms with E-state index in [1.807, 2.05) is 6.92 Å². The van der Waals surface area contributed by atoms with Gasteiger partial charge in [0.15, 0.2) is 11.4 Å². The van der Waals surface area contributed by atoms with Gasteiger partial charge in [-0.15, -0.1) is 0 Å².